The zero-order valence-electron chi connectivity index (χ0n) is 18.6. The Hall–Kier alpha value is -3.39. The van der Waals surface area contributed by atoms with Gasteiger partial charge in [-0.2, -0.15) is 0 Å². The number of hydrogen-bond acceptors (Lipinski definition) is 2. The molecule has 5 aromatic carbocycles. The summed E-state index contributed by atoms with van der Waals surface area (Å²) in [7, 11) is 0. The first-order valence-electron chi connectivity index (χ1n) is 11.5. The summed E-state index contributed by atoms with van der Waals surface area (Å²) in [5.41, 5.74) is 1.89. The minimum Gasteiger partial charge on any atom is -0.462 e. The Balaban J connectivity index is 1.38. The van der Waals surface area contributed by atoms with E-state index < -0.39 is 0 Å². The molecule has 5 rings (SSSR count). The molecule has 0 spiro atoms. The van der Waals surface area contributed by atoms with Crippen molar-refractivity contribution in [2.75, 3.05) is 6.61 Å². The van der Waals surface area contributed by atoms with Crippen LogP contribution in [-0.2, 0) is 16.0 Å². The maximum atomic E-state index is 11.4. The van der Waals surface area contributed by atoms with Crippen LogP contribution in [0.4, 0.5) is 0 Å². The standard InChI is InChI=1S/C30H28O2/c1-20(2)30(31)32-19-6-4-3-5-10-21-17-18-27-25-15-8-12-22-11-7-14-24(28(22)25)26-16-9-13-23(21)29(26)27/h7-9,11-18H,1,3-6,10,19H2,2H3. The first-order chi connectivity index (χ1) is 15.6. The molecule has 0 radical (unpaired) electrons. The Morgan fingerprint density at radius 1 is 0.719 bits per heavy atom. The second kappa shape index (κ2) is 8.63. The van der Waals surface area contributed by atoms with E-state index in [0.29, 0.717) is 12.2 Å². The number of rotatable bonds is 8. The van der Waals surface area contributed by atoms with Crippen LogP contribution in [0, 0.1) is 0 Å². The Labute approximate surface area is 188 Å². The summed E-state index contributed by atoms with van der Waals surface area (Å²) in [4.78, 5) is 11.4. The largest absolute Gasteiger partial charge is 0.462 e. The fourth-order valence-corrected chi connectivity index (χ4v) is 4.98. The van der Waals surface area contributed by atoms with E-state index in [0.717, 1.165) is 32.1 Å². The van der Waals surface area contributed by atoms with Gasteiger partial charge in [-0.1, -0.05) is 86.2 Å². The fraction of sp³-hybridized carbons (Fsp3) is 0.233. The number of ether oxygens (including phenoxy) is 1. The van der Waals surface area contributed by atoms with Gasteiger partial charge in [0.1, 0.15) is 0 Å². The van der Waals surface area contributed by atoms with E-state index in [9.17, 15) is 4.79 Å². The Morgan fingerprint density at radius 2 is 1.31 bits per heavy atom. The minimum atomic E-state index is -0.286. The zero-order valence-corrected chi connectivity index (χ0v) is 18.6. The molecule has 0 unspecified atom stereocenters. The molecule has 32 heavy (non-hydrogen) atoms. The van der Waals surface area contributed by atoms with Crippen molar-refractivity contribution in [3.8, 4) is 0 Å². The summed E-state index contributed by atoms with van der Waals surface area (Å²) in [6, 6.07) is 24.7. The molecule has 160 valence electrons. The molecule has 0 atom stereocenters. The summed E-state index contributed by atoms with van der Waals surface area (Å²) >= 11 is 0. The van der Waals surface area contributed by atoms with E-state index in [1.807, 2.05) is 0 Å². The molecule has 2 nitrogen and oxygen atoms in total. The first kappa shape index (κ1) is 20.5. The lowest BCUT2D eigenvalue weighted by molar-refractivity contribution is -0.139. The van der Waals surface area contributed by atoms with Gasteiger partial charge in [-0.05, 0) is 74.8 Å². The van der Waals surface area contributed by atoms with Crippen molar-refractivity contribution in [1.82, 2.24) is 0 Å². The SMILES string of the molecule is C=C(C)C(=O)OCCCCCCc1ccc2c3cccc4cccc(c5cccc1c52)c43. The number of benzene rings is 5. The van der Waals surface area contributed by atoms with Crippen LogP contribution in [0.3, 0.4) is 0 Å². The summed E-state index contributed by atoms with van der Waals surface area (Å²) < 4.78 is 5.19. The molecule has 0 amide bonds. The highest BCUT2D eigenvalue weighted by molar-refractivity contribution is 6.33. The summed E-state index contributed by atoms with van der Waals surface area (Å²) in [5.74, 6) is -0.286. The van der Waals surface area contributed by atoms with Gasteiger partial charge in [0.2, 0.25) is 0 Å². The molecule has 0 fully saturated rings. The van der Waals surface area contributed by atoms with Gasteiger partial charge in [-0.15, -0.1) is 0 Å². The molecule has 0 bridgehead atoms. The van der Waals surface area contributed by atoms with Gasteiger partial charge in [0.15, 0.2) is 0 Å². The summed E-state index contributed by atoms with van der Waals surface area (Å²) in [6.07, 6.45) is 5.32. The molecule has 2 heteroatoms. The third-order valence-corrected chi connectivity index (χ3v) is 6.54. The molecule has 0 saturated heterocycles. The van der Waals surface area contributed by atoms with Crippen molar-refractivity contribution >= 4 is 49.1 Å². The second-order valence-electron chi connectivity index (χ2n) is 8.79. The van der Waals surface area contributed by atoms with Crippen molar-refractivity contribution in [2.45, 2.75) is 39.0 Å². The molecule has 0 N–H and O–H groups in total. The molecule has 0 aliphatic heterocycles. The smallest absolute Gasteiger partial charge is 0.333 e. The maximum absolute atomic E-state index is 11.4. The highest BCUT2D eigenvalue weighted by Crippen LogP contribution is 2.41. The van der Waals surface area contributed by atoms with Gasteiger partial charge in [-0.25, -0.2) is 4.79 Å². The van der Waals surface area contributed by atoms with Gasteiger partial charge in [0.05, 0.1) is 6.61 Å². The Kier molecular flexibility index (Phi) is 5.53. The number of hydrogen-bond donors (Lipinski definition) is 0. The molecule has 0 saturated carbocycles. The van der Waals surface area contributed by atoms with Crippen LogP contribution in [0.1, 0.15) is 38.2 Å². The van der Waals surface area contributed by atoms with Crippen molar-refractivity contribution in [3.63, 3.8) is 0 Å². The quantitative estimate of drug-likeness (QED) is 0.0836. The van der Waals surface area contributed by atoms with Crippen LogP contribution >= 0.6 is 0 Å². The van der Waals surface area contributed by atoms with Crippen molar-refractivity contribution in [3.05, 3.63) is 84.4 Å². The van der Waals surface area contributed by atoms with E-state index in [2.05, 4.69) is 73.3 Å². The van der Waals surface area contributed by atoms with Crippen LogP contribution in [0.15, 0.2) is 78.9 Å². The predicted molar refractivity (Wildman–Crippen MR) is 136 cm³/mol. The van der Waals surface area contributed by atoms with Crippen LogP contribution < -0.4 is 0 Å². The third kappa shape index (κ3) is 3.60. The van der Waals surface area contributed by atoms with Crippen LogP contribution in [0.5, 0.6) is 0 Å². The highest BCUT2D eigenvalue weighted by Gasteiger charge is 2.14. The van der Waals surface area contributed by atoms with Gasteiger partial charge in [0, 0.05) is 5.57 Å². The third-order valence-electron chi connectivity index (χ3n) is 6.54. The summed E-state index contributed by atoms with van der Waals surface area (Å²) in [5, 5.41) is 10.8. The van der Waals surface area contributed by atoms with Crippen molar-refractivity contribution in [2.24, 2.45) is 0 Å². The monoisotopic (exact) mass is 420 g/mol. The summed E-state index contributed by atoms with van der Waals surface area (Å²) in [6.45, 7) is 5.78. The van der Waals surface area contributed by atoms with E-state index in [1.165, 1.54) is 48.7 Å². The van der Waals surface area contributed by atoms with Gasteiger partial charge in [-0.3, -0.25) is 0 Å². The Bertz CT molecular complexity index is 1390. The number of fused-ring (bicyclic) bond motifs is 2. The predicted octanol–water partition coefficient (Wildman–Crippen LogP) is 7.96. The molecule has 0 aromatic heterocycles. The van der Waals surface area contributed by atoms with E-state index in [4.69, 9.17) is 4.74 Å². The average Bonchev–Trinajstić information content (AvgIpc) is 2.82. The number of esters is 1. The van der Waals surface area contributed by atoms with Gasteiger partial charge in [0.25, 0.3) is 0 Å². The van der Waals surface area contributed by atoms with Crippen molar-refractivity contribution < 1.29 is 9.53 Å². The highest BCUT2D eigenvalue weighted by atomic mass is 16.5. The second-order valence-corrected chi connectivity index (χ2v) is 8.79. The minimum absolute atomic E-state index is 0.286. The molecule has 0 aliphatic rings. The topological polar surface area (TPSA) is 26.3 Å². The van der Waals surface area contributed by atoms with E-state index in [-0.39, 0.29) is 5.97 Å². The molecule has 0 heterocycles. The number of carbonyl (C=O) groups is 1. The average molecular weight is 421 g/mol. The number of unbranched alkanes of at least 4 members (excludes halogenated alkanes) is 3. The van der Waals surface area contributed by atoms with Crippen LogP contribution in [-0.4, -0.2) is 12.6 Å². The van der Waals surface area contributed by atoms with Gasteiger partial charge < -0.3 is 4.74 Å². The van der Waals surface area contributed by atoms with Crippen LogP contribution in [0.25, 0.3) is 43.1 Å². The molecule has 0 aliphatic carbocycles. The lowest BCUT2D eigenvalue weighted by atomic mass is 9.87. The normalized spacial score (nSPS) is 11.7. The fourth-order valence-electron chi connectivity index (χ4n) is 4.98. The van der Waals surface area contributed by atoms with Gasteiger partial charge >= 0.3 is 5.97 Å². The number of carbonyl (C=O) groups excluding carboxylic acids is 1. The molecular formula is C30H28O2. The lowest BCUT2D eigenvalue weighted by Gasteiger charge is -2.16. The zero-order chi connectivity index (χ0) is 22.1. The van der Waals surface area contributed by atoms with Crippen molar-refractivity contribution in [1.29, 1.82) is 0 Å². The molecular weight excluding hydrogens is 392 g/mol. The first-order valence-corrected chi connectivity index (χ1v) is 11.5. The number of aryl methyl sites for hydroxylation is 1. The van der Waals surface area contributed by atoms with E-state index >= 15 is 0 Å². The van der Waals surface area contributed by atoms with E-state index in [1.54, 1.807) is 6.92 Å². The van der Waals surface area contributed by atoms with Crippen LogP contribution in [0.2, 0.25) is 0 Å². The molecule has 5 aromatic rings. The lowest BCUT2D eigenvalue weighted by Crippen LogP contribution is -2.06. The Morgan fingerprint density at radius 3 is 2.03 bits per heavy atom. The maximum Gasteiger partial charge on any atom is 0.333 e.